The van der Waals surface area contributed by atoms with Gasteiger partial charge in [0, 0.05) is 49.5 Å². The molecule has 1 fully saturated rings. The molecule has 0 bridgehead atoms. The highest BCUT2D eigenvalue weighted by molar-refractivity contribution is 14.0. The molecule has 0 atom stereocenters. The van der Waals surface area contributed by atoms with Gasteiger partial charge in [-0.2, -0.15) is 0 Å². The molecule has 1 saturated heterocycles. The van der Waals surface area contributed by atoms with E-state index in [1.165, 1.54) is 10.6 Å². The lowest BCUT2D eigenvalue weighted by Crippen LogP contribution is -2.49. The summed E-state index contributed by atoms with van der Waals surface area (Å²) in [7, 11) is 0. The maximum absolute atomic E-state index is 12.6. The number of guanidine groups is 1. The van der Waals surface area contributed by atoms with Crippen LogP contribution in [0.1, 0.15) is 16.8 Å². The Morgan fingerprint density at radius 3 is 2.52 bits per heavy atom. The molecule has 7 nitrogen and oxygen atoms in total. The normalized spacial score (nSPS) is 14.3. The molecule has 1 amide bonds. The van der Waals surface area contributed by atoms with Crippen LogP contribution in [0.5, 0.6) is 0 Å². The van der Waals surface area contributed by atoms with Crippen molar-refractivity contribution in [1.82, 2.24) is 20.5 Å². The van der Waals surface area contributed by atoms with Crippen LogP contribution in [-0.4, -0.2) is 61.0 Å². The van der Waals surface area contributed by atoms with Crippen LogP contribution < -0.4 is 15.5 Å². The van der Waals surface area contributed by atoms with Crippen molar-refractivity contribution in [2.24, 2.45) is 4.99 Å². The number of carbonyl (C=O) groups excluding carboxylic acids is 1. The monoisotopic (exact) mass is 528 g/mol. The number of aryl methyl sites for hydroxylation is 1. The molecule has 0 spiro atoms. The molecule has 1 aliphatic heterocycles. The van der Waals surface area contributed by atoms with Gasteiger partial charge in [-0.05, 0) is 26.0 Å². The predicted molar refractivity (Wildman–Crippen MR) is 130 cm³/mol. The number of para-hydroxylation sites is 1. The summed E-state index contributed by atoms with van der Waals surface area (Å²) in [5.41, 5.74) is 1.21. The molecule has 2 N–H and O–H groups in total. The molecular formula is C20H29IN6OS. The minimum atomic E-state index is 0. The lowest BCUT2D eigenvalue weighted by atomic mass is 10.2. The van der Waals surface area contributed by atoms with Crippen molar-refractivity contribution in [1.29, 1.82) is 0 Å². The SMILES string of the molecule is CCNC(=NCC(=O)N1CCN(c2ccccc2)CC1)NCc1ncc(C)s1.I. The molecule has 1 aromatic heterocycles. The van der Waals surface area contributed by atoms with Gasteiger partial charge < -0.3 is 20.4 Å². The number of benzene rings is 1. The number of piperazine rings is 1. The number of nitrogens with zero attached hydrogens (tertiary/aromatic N) is 4. The molecule has 2 aromatic rings. The number of amides is 1. The fourth-order valence-electron chi connectivity index (χ4n) is 3.08. The number of thiazole rings is 1. The molecule has 1 aliphatic rings. The molecule has 0 aliphatic carbocycles. The Bertz CT molecular complexity index is 789. The van der Waals surface area contributed by atoms with Crippen molar-refractivity contribution in [3.63, 3.8) is 0 Å². The smallest absolute Gasteiger partial charge is 0.244 e. The average molecular weight is 528 g/mol. The lowest BCUT2D eigenvalue weighted by Gasteiger charge is -2.36. The van der Waals surface area contributed by atoms with E-state index in [1.54, 1.807) is 11.3 Å². The fourth-order valence-corrected chi connectivity index (χ4v) is 3.81. The molecule has 3 rings (SSSR count). The second-order valence-corrected chi connectivity index (χ2v) is 7.94. The van der Waals surface area contributed by atoms with Gasteiger partial charge in [0.2, 0.25) is 5.91 Å². The Labute approximate surface area is 193 Å². The molecule has 0 radical (unpaired) electrons. The largest absolute Gasteiger partial charge is 0.368 e. The number of nitrogens with one attached hydrogen (secondary N) is 2. The Balaban J connectivity index is 0.00000300. The number of hydrogen-bond acceptors (Lipinski definition) is 5. The topological polar surface area (TPSA) is 72.9 Å². The van der Waals surface area contributed by atoms with Crippen molar-refractivity contribution in [3.8, 4) is 0 Å². The van der Waals surface area contributed by atoms with E-state index >= 15 is 0 Å². The summed E-state index contributed by atoms with van der Waals surface area (Å²) in [6.45, 7) is 8.70. The highest BCUT2D eigenvalue weighted by Crippen LogP contribution is 2.15. The predicted octanol–water partition coefficient (Wildman–Crippen LogP) is 2.47. The van der Waals surface area contributed by atoms with Crippen LogP contribution in [0.4, 0.5) is 5.69 Å². The second kappa shape index (κ2) is 12.0. The quantitative estimate of drug-likeness (QED) is 0.343. The van der Waals surface area contributed by atoms with E-state index in [0.717, 1.165) is 37.7 Å². The standard InChI is InChI=1S/C20H28N6OS.HI/c1-3-21-20(23-14-18-22-13-16(2)28-18)24-15-19(27)26-11-9-25(10-12-26)17-7-5-4-6-8-17;/h4-8,13H,3,9-12,14-15H2,1-2H3,(H2,21,23,24);1H. The summed E-state index contributed by atoms with van der Waals surface area (Å²) in [5, 5.41) is 7.43. The van der Waals surface area contributed by atoms with Crippen LogP contribution in [0.25, 0.3) is 0 Å². The third kappa shape index (κ3) is 7.14. The highest BCUT2D eigenvalue weighted by Gasteiger charge is 2.21. The average Bonchev–Trinajstić information content (AvgIpc) is 3.16. The Hall–Kier alpha value is -1.88. The van der Waals surface area contributed by atoms with E-state index in [0.29, 0.717) is 12.5 Å². The summed E-state index contributed by atoms with van der Waals surface area (Å²) < 4.78 is 0. The number of hydrogen-bond donors (Lipinski definition) is 2. The fraction of sp³-hybridized carbons (Fsp3) is 0.450. The van der Waals surface area contributed by atoms with Crippen molar-refractivity contribution in [2.45, 2.75) is 20.4 Å². The minimum Gasteiger partial charge on any atom is -0.368 e. The maximum atomic E-state index is 12.6. The van der Waals surface area contributed by atoms with E-state index in [2.05, 4.69) is 37.6 Å². The van der Waals surface area contributed by atoms with Gasteiger partial charge in [0.15, 0.2) is 5.96 Å². The molecular weight excluding hydrogens is 499 g/mol. The number of aromatic nitrogens is 1. The summed E-state index contributed by atoms with van der Waals surface area (Å²) in [5.74, 6) is 0.710. The minimum absolute atomic E-state index is 0. The van der Waals surface area contributed by atoms with Crippen molar-refractivity contribution < 1.29 is 4.79 Å². The van der Waals surface area contributed by atoms with Crippen molar-refractivity contribution in [2.75, 3.05) is 44.2 Å². The molecule has 1 aromatic carbocycles. The number of rotatable bonds is 6. The van der Waals surface area contributed by atoms with Gasteiger partial charge in [-0.3, -0.25) is 4.79 Å². The van der Waals surface area contributed by atoms with Crippen LogP contribution in [0.3, 0.4) is 0 Å². The first-order valence-corrected chi connectivity index (χ1v) is 10.5. The molecule has 0 unspecified atom stereocenters. The first-order valence-electron chi connectivity index (χ1n) is 9.67. The summed E-state index contributed by atoms with van der Waals surface area (Å²) in [4.78, 5) is 26.8. The zero-order chi connectivity index (χ0) is 19.8. The van der Waals surface area contributed by atoms with Crippen molar-refractivity contribution >= 4 is 52.9 Å². The van der Waals surface area contributed by atoms with Gasteiger partial charge >= 0.3 is 0 Å². The van der Waals surface area contributed by atoms with E-state index in [-0.39, 0.29) is 36.4 Å². The molecule has 0 saturated carbocycles. The number of anilines is 1. The maximum Gasteiger partial charge on any atom is 0.244 e. The first-order chi connectivity index (χ1) is 13.7. The van der Waals surface area contributed by atoms with Crippen LogP contribution >= 0.6 is 35.3 Å². The zero-order valence-electron chi connectivity index (χ0n) is 16.9. The van der Waals surface area contributed by atoms with Gasteiger partial charge in [0.1, 0.15) is 11.6 Å². The summed E-state index contributed by atoms with van der Waals surface area (Å²) >= 11 is 1.66. The third-order valence-corrected chi connectivity index (χ3v) is 5.46. The summed E-state index contributed by atoms with van der Waals surface area (Å²) in [6.07, 6.45) is 1.87. The highest BCUT2D eigenvalue weighted by atomic mass is 127. The summed E-state index contributed by atoms with van der Waals surface area (Å²) in [6, 6.07) is 10.3. The van der Waals surface area contributed by atoms with Crippen LogP contribution in [0, 0.1) is 6.92 Å². The number of halogens is 1. The van der Waals surface area contributed by atoms with Gasteiger partial charge in [-0.25, -0.2) is 9.98 Å². The van der Waals surface area contributed by atoms with Crippen LogP contribution in [-0.2, 0) is 11.3 Å². The van der Waals surface area contributed by atoms with E-state index in [9.17, 15) is 4.79 Å². The van der Waals surface area contributed by atoms with Gasteiger partial charge in [-0.15, -0.1) is 35.3 Å². The third-order valence-electron chi connectivity index (χ3n) is 4.55. The van der Waals surface area contributed by atoms with Crippen LogP contribution in [0.2, 0.25) is 0 Å². The Morgan fingerprint density at radius 2 is 1.90 bits per heavy atom. The van der Waals surface area contributed by atoms with Gasteiger partial charge in [0.25, 0.3) is 0 Å². The Kier molecular flexibility index (Phi) is 9.65. The van der Waals surface area contributed by atoms with Gasteiger partial charge in [0.05, 0.1) is 6.54 Å². The van der Waals surface area contributed by atoms with E-state index < -0.39 is 0 Å². The molecule has 9 heteroatoms. The number of aliphatic imine (C=N–C) groups is 1. The van der Waals surface area contributed by atoms with Crippen LogP contribution in [0.15, 0.2) is 41.5 Å². The molecule has 158 valence electrons. The van der Waals surface area contributed by atoms with E-state index in [4.69, 9.17) is 0 Å². The van der Waals surface area contributed by atoms with Gasteiger partial charge in [-0.1, -0.05) is 18.2 Å². The zero-order valence-corrected chi connectivity index (χ0v) is 20.1. The Morgan fingerprint density at radius 1 is 1.17 bits per heavy atom. The first kappa shape index (κ1) is 23.4. The molecule has 29 heavy (non-hydrogen) atoms. The second-order valence-electron chi connectivity index (χ2n) is 6.62. The number of carbonyl (C=O) groups is 1. The lowest BCUT2D eigenvalue weighted by molar-refractivity contribution is -0.129. The molecule has 2 heterocycles. The van der Waals surface area contributed by atoms with E-state index in [1.807, 2.05) is 43.1 Å². The van der Waals surface area contributed by atoms with Crippen molar-refractivity contribution in [3.05, 3.63) is 46.4 Å².